The van der Waals surface area contributed by atoms with Gasteiger partial charge in [0, 0.05) is 12.2 Å². The molecule has 1 atom stereocenters. The maximum absolute atomic E-state index is 13.3. The van der Waals surface area contributed by atoms with Crippen molar-refractivity contribution >= 4 is 5.69 Å². The molecule has 0 fully saturated rings. The van der Waals surface area contributed by atoms with Crippen molar-refractivity contribution in [3.8, 4) is 0 Å². The summed E-state index contributed by atoms with van der Waals surface area (Å²) in [6.07, 6.45) is 0.906. The Balaban J connectivity index is 2.08. The van der Waals surface area contributed by atoms with Crippen molar-refractivity contribution in [1.82, 2.24) is 4.90 Å². The molecule has 112 valence electrons. The number of nitrogens with one attached hydrogen (secondary N) is 1. The normalized spacial score (nSPS) is 12.4. The highest BCUT2D eigenvalue weighted by Crippen LogP contribution is 2.23. The first-order valence-corrected chi connectivity index (χ1v) is 7.34. The van der Waals surface area contributed by atoms with Crippen molar-refractivity contribution in [2.75, 3.05) is 19.4 Å². The van der Waals surface area contributed by atoms with Gasteiger partial charge in [-0.2, -0.15) is 0 Å². The van der Waals surface area contributed by atoms with Gasteiger partial charge in [-0.05, 0) is 55.9 Å². The van der Waals surface area contributed by atoms with Crippen LogP contribution < -0.4 is 5.32 Å². The van der Waals surface area contributed by atoms with Crippen molar-refractivity contribution in [2.24, 2.45) is 0 Å². The molecule has 2 nitrogen and oxygen atoms in total. The van der Waals surface area contributed by atoms with Crippen LogP contribution in [-0.4, -0.2) is 19.0 Å². The molecule has 2 aromatic carbocycles. The second kappa shape index (κ2) is 7.23. The van der Waals surface area contributed by atoms with Crippen LogP contribution in [0.25, 0.3) is 0 Å². The summed E-state index contributed by atoms with van der Waals surface area (Å²) in [4.78, 5) is 2.14. The molecular formula is C18H23FN2. The third-order valence-electron chi connectivity index (χ3n) is 3.45. The maximum atomic E-state index is 13.3. The van der Waals surface area contributed by atoms with E-state index in [1.165, 1.54) is 11.6 Å². The molecule has 3 heteroatoms. The van der Waals surface area contributed by atoms with Gasteiger partial charge in [0.1, 0.15) is 5.82 Å². The molecular weight excluding hydrogens is 263 g/mol. The Morgan fingerprint density at radius 1 is 1.10 bits per heavy atom. The second-order valence-electron chi connectivity index (χ2n) is 5.59. The fourth-order valence-corrected chi connectivity index (χ4v) is 2.42. The molecule has 1 N–H and O–H groups in total. The zero-order chi connectivity index (χ0) is 15.2. The summed E-state index contributed by atoms with van der Waals surface area (Å²) in [5.41, 5.74) is 3.33. The van der Waals surface area contributed by atoms with E-state index in [0.29, 0.717) is 0 Å². The zero-order valence-electron chi connectivity index (χ0n) is 12.9. The molecule has 0 amide bonds. The van der Waals surface area contributed by atoms with E-state index in [1.54, 1.807) is 12.1 Å². The Morgan fingerprint density at radius 3 is 2.38 bits per heavy atom. The zero-order valence-corrected chi connectivity index (χ0v) is 12.9. The van der Waals surface area contributed by atoms with Crippen LogP contribution in [0.2, 0.25) is 0 Å². The number of hydrogen-bond donors (Lipinski definition) is 1. The lowest BCUT2D eigenvalue weighted by molar-refractivity contribution is 0.402. The summed E-state index contributed by atoms with van der Waals surface area (Å²) in [5.74, 6) is -0.186. The average Bonchev–Trinajstić information content (AvgIpc) is 2.46. The number of benzene rings is 2. The molecule has 21 heavy (non-hydrogen) atoms. The molecule has 0 aliphatic rings. The SMILES string of the molecule is CCC(Nc1ccc(CN(C)C)cc1)c1cccc(F)c1. The molecule has 0 aliphatic carbocycles. The lowest BCUT2D eigenvalue weighted by atomic mass is 10.0. The van der Waals surface area contributed by atoms with Crippen LogP contribution in [0.4, 0.5) is 10.1 Å². The maximum Gasteiger partial charge on any atom is 0.123 e. The van der Waals surface area contributed by atoms with Crippen molar-refractivity contribution in [3.05, 3.63) is 65.5 Å². The minimum atomic E-state index is -0.186. The van der Waals surface area contributed by atoms with E-state index in [1.807, 2.05) is 6.07 Å². The molecule has 0 saturated heterocycles. The van der Waals surface area contributed by atoms with Crippen LogP contribution in [0.3, 0.4) is 0 Å². The highest BCUT2D eigenvalue weighted by Gasteiger charge is 2.09. The Labute approximate surface area is 126 Å². The predicted molar refractivity (Wildman–Crippen MR) is 86.9 cm³/mol. The molecule has 0 heterocycles. The van der Waals surface area contributed by atoms with Crippen LogP contribution in [0, 0.1) is 5.82 Å². The third-order valence-corrected chi connectivity index (χ3v) is 3.45. The summed E-state index contributed by atoms with van der Waals surface area (Å²) < 4.78 is 13.3. The highest BCUT2D eigenvalue weighted by atomic mass is 19.1. The summed E-state index contributed by atoms with van der Waals surface area (Å²) in [5, 5.41) is 3.47. The summed E-state index contributed by atoms with van der Waals surface area (Å²) >= 11 is 0. The minimum absolute atomic E-state index is 0.125. The van der Waals surface area contributed by atoms with Crippen LogP contribution in [0.5, 0.6) is 0 Å². The Bertz CT molecular complexity index is 564. The Morgan fingerprint density at radius 2 is 1.81 bits per heavy atom. The van der Waals surface area contributed by atoms with Crippen LogP contribution in [-0.2, 0) is 6.54 Å². The summed E-state index contributed by atoms with van der Waals surface area (Å²) in [6.45, 7) is 3.03. The van der Waals surface area contributed by atoms with Gasteiger partial charge in [0.25, 0.3) is 0 Å². The number of anilines is 1. The van der Waals surface area contributed by atoms with Gasteiger partial charge in [0.15, 0.2) is 0 Å². The van der Waals surface area contributed by atoms with Gasteiger partial charge in [-0.15, -0.1) is 0 Å². The highest BCUT2D eigenvalue weighted by molar-refractivity contribution is 5.47. The lowest BCUT2D eigenvalue weighted by Gasteiger charge is -2.19. The van der Waals surface area contributed by atoms with Crippen LogP contribution >= 0.6 is 0 Å². The molecule has 0 aliphatic heterocycles. The van der Waals surface area contributed by atoms with Crippen molar-refractivity contribution in [2.45, 2.75) is 25.9 Å². The van der Waals surface area contributed by atoms with E-state index < -0.39 is 0 Å². The second-order valence-corrected chi connectivity index (χ2v) is 5.59. The van der Waals surface area contributed by atoms with Gasteiger partial charge in [-0.1, -0.05) is 31.2 Å². The van der Waals surface area contributed by atoms with Gasteiger partial charge < -0.3 is 10.2 Å². The molecule has 0 bridgehead atoms. The van der Waals surface area contributed by atoms with Crippen molar-refractivity contribution in [1.29, 1.82) is 0 Å². The third kappa shape index (κ3) is 4.57. The first-order valence-electron chi connectivity index (χ1n) is 7.34. The van der Waals surface area contributed by atoms with Crippen LogP contribution in [0.15, 0.2) is 48.5 Å². The van der Waals surface area contributed by atoms with Crippen molar-refractivity contribution in [3.63, 3.8) is 0 Å². The lowest BCUT2D eigenvalue weighted by Crippen LogP contribution is -2.11. The van der Waals surface area contributed by atoms with E-state index in [-0.39, 0.29) is 11.9 Å². The monoisotopic (exact) mass is 286 g/mol. The molecule has 0 spiro atoms. The van der Waals surface area contributed by atoms with Gasteiger partial charge in [0.2, 0.25) is 0 Å². The predicted octanol–water partition coefficient (Wildman–Crippen LogP) is 4.45. The minimum Gasteiger partial charge on any atom is -0.378 e. The first kappa shape index (κ1) is 15.5. The van der Waals surface area contributed by atoms with E-state index in [2.05, 4.69) is 55.5 Å². The van der Waals surface area contributed by atoms with Gasteiger partial charge >= 0.3 is 0 Å². The molecule has 0 saturated carbocycles. The molecule has 1 unspecified atom stereocenters. The van der Waals surface area contributed by atoms with E-state index in [0.717, 1.165) is 24.2 Å². The van der Waals surface area contributed by atoms with E-state index >= 15 is 0 Å². The average molecular weight is 286 g/mol. The van der Waals surface area contributed by atoms with Crippen LogP contribution in [0.1, 0.15) is 30.5 Å². The fraction of sp³-hybridized carbons (Fsp3) is 0.333. The largest absolute Gasteiger partial charge is 0.378 e. The Hall–Kier alpha value is -1.87. The quantitative estimate of drug-likeness (QED) is 0.844. The van der Waals surface area contributed by atoms with E-state index in [9.17, 15) is 4.39 Å². The summed E-state index contributed by atoms with van der Waals surface area (Å²) in [6, 6.07) is 15.3. The van der Waals surface area contributed by atoms with Gasteiger partial charge in [-0.3, -0.25) is 0 Å². The smallest absolute Gasteiger partial charge is 0.123 e. The standard InChI is InChI=1S/C18H23FN2/c1-4-18(15-6-5-7-16(19)12-15)20-17-10-8-14(9-11-17)13-21(2)3/h5-12,18,20H,4,13H2,1-3H3. The fourth-order valence-electron chi connectivity index (χ4n) is 2.42. The number of nitrogens with zero attached hydrogens (tertiary/aromatic N) is 1. The van der Waals surface area contributed by atoms with Gasteiger partial charge in [0.05, 0.1) is 6.04 Å². The molecule has 2 aromatic rings. The molecule has 2 rings (SSSR count). The number of rotatable bonds is 6. The molecule has 0 radical (unpaired) electrons. The summed E-state index contributed by atoms with van der Waals surface area (Å²) in [7, 11) is 4.12. The first-order chi connectivity index (χ1) is 10.1. The van der Waals surface area contributed by atoms with Crippen molar-refractivity contribution < 1.29 is 4.39 Å². The number of halogens is 1. The molecule has 0 aromatic heterocycles. The Kier molecular flexibility index (Phi) is 5.34. The van der Waals surface area contributed by atoms with Gasteiger partial charge in [-0.25, -0.2) is 4.39 Å². The topological polar surface area (TPSA) is 15.3 Å². The van der Waals surface area contributed by atoms with E-state index in [4.69, 9.17) is 0 Å². The number of hydrogen-bond acceptors (Lipinski definition) is 2.